The Kier molecular flexibility index (Phi) is 2.60. The number of rotatable bonds is 1. The molecular weight excluding hydrogens is 269 g/mol. The number of halogens is 1. The fourth-order valence-corrected chi connectivity index (χ4v) is 2.92. The van der Waals surface area contributed by atoms with Crippen molar-refractivity contribution in [3.05, 3.63) is 59.4 Å². The molecular formula is C13H8FNO3S. The predicted molar refractivity (Wildman–Crippen MR) is 66.5 cm³/mol. The van der Waals surface area contributed by atoms with Gasteiger partial charge in [-0.3, -0.25) is 0 Å². The standard InChI is InChI=1S/C13H8FNO3S/c14-12-11(9-5-2-1-3-6-9)18-10-7-4-8-15-13(10)19(12,16)17/h1-8H. The van der Waals surface area contributed by atoms with Crippen molar-refractivity contribution in [3.8, 4) is 5.75 Å². The van der Waals surface area contributed by atoms with Crippen LogP contribution in [0, 0.1) is 0 Å². The third-order valence-corrected chi connectivity index (χ3v) is 4.13. The third kappa shape index (κ3) is 1.80. The normalized spacial score (nSPS) is 16.7. The highest BCUT2D eigenvalue weighted by Gasteiger charge is 2.36. The molecule has 19 heavy (non-hydrogen) atoms. The number of fused-ring (bicyclic) bond motifs is 1. The number of aromatic nitrogens is 1. The van der Waals surface area contributed by atoms with E-state index in [0.29, 0.717) is 5.56 Å². The summed E-state index contributed by atoms with van der Waals surface area (Å²) in [6.45, 7) is 0. The molecule has 2 aromatic rings. The average Bonchev–Trinajstić information content (AvgIpc) is 2.44. The Balaban J connectivity index is 2.25. The predicted octanol–water partition coefficient (Wildman–Crippen LogP) is 2.54. The first-order chi connectivity index (χ1) is 9.10. The van der Waals surface area contributed by atoms with E-state index in [9.17, 15) is 12.8 Å². The van der Waals surface area contributed by atoms with Crippen LogP contribution in [0.25, 0.3) is 5.76 Å². The maximum atomic E-state index is 14.1. The Morgan fingerprint density at radius 1 is 1.05 bits per heavy atom. The minimum atomic E-state index is -4.24. The molecule has 0 amide bonds. The van der Waals surface area contributed by atoms with Crippen LogP contribution in [0.3, 0.4) is 0 Å². The van der Waals surface area contributed by atoms with Gasteiger partial charge in [0.2, 0.25) is 5.03 Å². The van der Waals surface area contributed by atoms with Gasteiger partial charge in [0.15, 0.2) is 11.5 Å². The Bertz CT molecular complexity index is 769. The van der Waals surface area contributed by atoms with E-state index in [2.05, 4.69) is 4.98 Å². The highest BCUT2D eigenvalue weighted by atomic mass is 32.2. The van der Waals surface area contributed by atoms with E-state index in [4.69, 9.17) is 4.74 Å². The molecule has 1 aromatic heterocycles. The van der Waals surface area contributed by atoms with Crippen molar-refractivity contribution in [3.63, 3.8) is 0 Å². The summed E-state index contributed by atoms with van der Waals surface area (Å²) in [5, 5.41) is -1.71. The lowest BCUT2D eigenvalue weighted by atomic mass is 10.2. The summed E-state index contributed by atoms with van der Waals surface area (Å²) in [6, 6.07) is 11.2. The van der Waals surface area contributed by atoms with Gasteiger partial charge in [0.25, 0.3) is 15.0 Å². The Labute approximate surface area is 109 Å². The third-order valence-electron chi connectivity index (χ3n) is 2.65. The Morgan fingerprint density at radius 2 is 1.79 bits per heavy atom. The van der Waals surface area contributed by atoms with E-state index in [1.807, 2.05) is 0 Å². The zero-order valence-electron chi connectivity index (χ0n) is 9.58. The van der Waals surface area contributed by atoms with Crippen LogP contribution in [0.1, 0.15) is 5.56 Å². The smallest absolute Gasteiger partial charge is 0.264 e. The van der Waals surface area contributed by atoms with E-state index in [1.165, 1.54) is 18.3 Å². The molecule has 0 saturated heterocycles. The highest BCUT2D eigenvalue weighted by Crippen LogP contribution is 2.38. The summed E-state index contributed by atoms with van der Waals surface area (Å²) in [6.07, 6.45) is 1.28. The van der Waals surface area contributed by atoms with E-state index < -0.39 is 20.0 Å². The first-order valence-electron chi connectivity index (χ1n) is 5.44. The molecule has 2 heterocycles. The van der Waals surface area contributed by atoms with Gasteiger partial charge < -0.3 is 4.74 Å². The molecule has 0 bridgehead atoms. The molecule has 0 atom stereocenters. The van der Waals surface area contributed by atoms with Gasteiger partial charge in [-0.2, -0.15) is 4.39 Å². The minimum Gasteiger partial charge on any atom is -0.450 e. The largest absolute Gasteiger partial charge is 0.450 e. The van der Waals surface area contributed by atoms with Crippen molar-refractivity contribution in [2.24, 2.45) is 0 Å². The number of benzene rings is 1. The second-order valence-electron chi connectivity index (χ2n) is 3.88. The summed E-state index contributed by atoms with van der Waals surface area (Å²) in [5.74, 6) is -0.274. The van der Waals surface area contributed by atoms with Crippen molar-refractivity contribution < 1.29 is 17.5 Å². The average molecular weight is 277 g/mol. The zero-order valence-corrected chi connectivity index (χ0v) is 10.4. The van der Waals surface area contributed by atoms with Gasteiger partial charge in [0.1, 0.15) is 0 Å². The van der Waals surface area contributed by atoms with Gasteiger partial charge in [-0.05, 0) is 12.1 Å². The molecule has 0 fully saturated rings. The molecule has 0 N–H and O–H groups in total. The summed E-state index contributed by atoms with van der Waals surface area (Å²) in [7, 11) is -4.24. The topological polar surface area (TPSA) is 56.3 Å². The number of nitrogens with zero attached hydrogens (tertiary/aromatic N) is 1. The van der Waals surface area contributed by atoms with Crippen LogP contribution >= 0.6 is 0 Å². The van der Waals surface area contributed by atoms with Crippen molar-refractivity contribution in [1.29, 1.82) is 0 Å². The molecule has 1 aliphatic heterocycles. The van der Waals surface area contributed by atoms with Crippen molar-refractivity contribution in [2.75, 3.05) is 0 Å². The summed E-state index contributed by atoms with van der Waals surface area (Å²) < 4.78 is 43.5. The fraction of sp³-hybridized carbons (Fsp3) is 0. The fourth-order valence-electron chi connectivity index (χ4n) is 1.77. The maximum absolute atomic E-state index is 14.1. The number of hydrogen-bond acceptors (Lipinski definition) is 4. The van der Waals surface area contributed by atoms with Gasteiger partial charge in [-0.1, -0.05) is 30.3 Å². The van der Waals surface area contributed by atoms with Crippen LogP contribution in [-0.4, -0.2) is 13.4 Å². The van der Waals surface area contributed by atoms with Gasteiger partial charge >= 0.3 is 0 Å². The number of pyridine rings is 1. The van der Waals surface area contributed by atoms with E-state index >= 15 is 0 Å². The molecule has 1 aliphatic rings. The second-order valence-corrected chi connectivity index (χ2v) is 5.63. The first kappa shape index (κ1) is 11.9. The lowest BCUT2D eigenvalue weighted by molar-refractivity contribution is 0.458. The van der Waals surface area contributed by atoms with Crippen LogP contribution in [-0.2, 0) is 9.84 Å². The van der Waals surface area contributed by atoms with Crippen molar-refractivity contribution in [2.45, 2.75) is 5.03 Å². The monoisotopic (exact) mass is 277 g/mol. The molecule has 0 saturated carbocycles. The number of ether oxygens (including phenoxy) is 1. The molecule has 0 radical (unpaired) electrons. The zero-order chi connectivity index (χ0) is 13.5. The maximum Gasteiger partial charge on any atom is 0.264 e. The molecule has 6 heteroatoms. The molecule has 0 unspecified atom stereocenters. The summed E-state index contributed by atoms with van der Waals surface area (Å²) in [4.78, 5) is 3.66. The number of sulfone groups is 1. The van der Waals surface area contributed by atoms with E-state index in [0.717, 1.165) is 0 Å². The van der Waals surface area contributed by atoms with Crippen LogP contribution in [0.4, 0.5) is 4.39 Å². The Hall–Kier alpha value is -2.21. The van der Waals surface area contributed by atoms with Gasteiger partial charge in [-0.15, -0.1) is 0 Å². The number of hydrogen-bond donors (Lipinski definition) is 0. The summed E-state index contributed by atoms with van der Waals surface area (Å²) in [5.41, 5.74) is 0.359. The molecule has 0 spiro atoms. The van der Waals surface area contributed by atoms with Crippen molar-refractivity contribution in [1.82, 2.24) is 4.98 Å². The van der Waals surface area contributed by atoms with Gasteiger partial charge in [0.05, 0.1) is 0 Å². The highest BCUT2D eigenvalue weighted by molar-refractivity contribution is 7.95. The molecule has 3 rings (SSSR count). The van der Waals surface area contributed by atoms with Crippen LogP contribution in [0.5, 0.6) is 5.75 Å². The van der Waals surface area contributed by atoms with Crippen LogP contribution < -0.4 is 4.74 Å². The first-order valence-corrected chi connectivity index (χ1v) is 6.92. The van der Waals surface area contributed by atoms with Gasteiger partial charge in [-0.25, -0.2) is 13.4 Å². The van der Waals surface area contributed by atoms with Crippen LogP contribution in [0.15, 0.2) is 58.8 Å². The molecule has 0 aliphatic carbocycles. The Morgan fingerprint density at radius 3 is 2.53 bits per heavy atom. The second kappa shape index (κ2) is 4.17. The lowest BCUT2D eigenvalue weighted by Gasteiger charge is -2.18. The molecule has 4 nitrogen and oxygen atoms in total. The quantitative estimate of drug-likeness (QED) is 0.803. The van der Waals surface area contributed by atoms with Gasteiger partial charge in [0, 0.05) is 11.8 Å². The molecule has 1 aromatic carbocycles. The molecule has 96 valence electrons. The minimum absolute atomic E-state index is 0.0303. The summed E-state index contributed by atoms with van der Waals surface area (Å²) >= 11 is 0. The SMILES string of the molecule is O=S1(=O)C(F)=C(c2ccccc2)Oc2cccnc21. The van der Waals surface area contributed by atoms with E-state index in [1.54, 1.807) is 30.3 Å². The van der Waals surface area contributed by atoms with Crippen LogP contribution in [0.2, 0.25) is 0 Å². The van der Waals surface area contributed by atoms with E-state index in [-0.39, 0.29) is 11.5 Å². The lowest BCUT2D eigenvalue weighted by Crippen LogP contribution is -2.15. The van der Waals surface area contributed by atoms with Crippen molar-refractivity contribution >= 4 is 15.6 Å².